The number of hydrogen-bond acceptors (Lipinski definition) is 4. The van der Waals surface area contributed by atoms with E-state index in [9.17, 15) is 9.59 Å². The Labute approximate surface area is 165 Å². The molecule has 0 aromatic heterocycles. The van der Waals surface area contributed by atoms with Crippen LogP contribution in [0.1, 0.15) is 42.9 Å². The molecule has 0 saturated carbocycles. The molecular weight excluding hydrogens is 352 g/mol. The zero-order chi connectivity index (χ0) is 20.4. The molecule has 2 aromatic carbocycles. The molecule has 2 atom stereocenters. The Morgan fingerprint density at radius 1 is 1.14 bits per heavy atom. The molecule has 0 bridgehead atoms. The van der Waals surface area contributed by atoms with Crippen molar-refractivity contribution in [2.24, 2.45) is 0 Å². The summed E-state index contributed by atoms with van der Waals surface area (Å²) < 4.78 is 5.16. The van der Waals surface area contributed by atoms with Gasteiger partial charge in [0, 0.05) is 18.5 Å². The molecule has 144 valence electrons. The standard InChI is InChI=1S/C23H24N2O3/c1-3-20(21-7-5-4-6-8-21)16-25-23(27)17(2)28-22(26)14-13-18-9-11-19(15-24)12-10-18/h4-14,17,20H,3,16H2,1-2H3,(H,25,27)/b14-13+/t17-,20-/m0/s1. The Hall–Kier alpha value is -3.39. The van der Waals surface area contributed by atoms with E-state index in [2.05, 4.69) is 12.2 Å². The van der Waals surface area contributed by atoms with Crippen LogP contribution in [0.4, 0.5) is 0 Å². The van der Waals surface area contributed by atoms with E-state index < -0.39 is 12.1 Å². The third-order valence-electron chi connectivity index (χ3n) is 4.40. The molecule has 28 heavy (non-hydrogen) atoms. The van der Waals surface area contributed by atoms with Gasteiger partial charge in [-0.1, -0.05) is 49.4 Å². The highest BCUT2D eigenvalue weighted by molar-refractivity contribution is 5.90. The number of rotatable bonds is 8. The van der Waals surface area contributed by atoms with Crippen LogP contribution in [-0.4, -0.2) is 24.5 Å². The van der Waals surface area contributed by atoms with Gasteiger partial charge in [0.15, 0.2) is 6.10 Å². The van der Waals surface area contributed by atoms with Crippen LogP contribution < -0.4 is 5.32 Å². The molecule has 5 nitrogen and oxygen atoms in total. The predicted molar refractivity (Wildman–Crippen MR) is 108 cm³/mol. The number of esters is 1. The lowest BCUT2D eigenvalue weighted by Gasteiger charge is -2.18. The minimum Gasteiger partial charge on any atom is -0.449 e. The summed E-state index contributed by atoms with van der Waals surface area (Å²) in [5.74, 6) is -0.707. The summed E-state index contributed by atoms with van der Waals surface area (Å²) in [6, 6.07) is 18.8. The molecule has 5 heteroatoms. The third-order valence-corrected chi connectivity index (χ3v) is 4.40. The maximum absolute atomic E-state index is 12.2. The number of carbonyl (C=O) groups excluding carboxylic acids is 2. The number of benzene rings is 2. The fraction of sp³-hybridized carbons (Fsp3) is 0.261. The van der Waals surface area contributed by atoms with Crippen molar-refractivity contribution in [2.75, 3.05) is 6.54 Å². The van der Waals surface area contributed by atoms with Crippen LogP contribution in [0.2, 0.25) is 0 Å². The van der Waals surface area contributed by atoms with Crippen LogP contribution in [-0.2, 0) is 14.3 Å². The molecule has 2 rings (SSSR count). The van der Waals surface area contributed by atoms with Crippen LogP contribution in [0.15, 0.2) is 60.7 Å². The van der Waals surface area contributed by atoms with E-state index in [4.69, 9.17) is 10.00 Å². The number of hydrogen-bond donors (Lipinski definition) is 1. The number of nitriles is 1. The first kappa shape index (κ1) is 20.9. The summed E-state index contributed by atoms with van der Waals surface area (Å²) >= 11 is 0. The van der Waals surface area contributed by atoms with Gasteiger partial charge in [-0.05, 0) is 42.7 Å². The van der Waals surface area contributed by atoms with Gasteiger partial charge < -0.3 is 10.1 Å². The molecular formula is C23H24N2O3. The maximum Gasteiger partial charge on any atom is 0.331 e. The van der Waals surface area contributed by atoms with E-state index in [1.54, 1.807) is 37.3 Å². The highest BCUT2D eigenvalue weighted by Crippen LogP contribution is 2.18. The van der Waals surface area contributed by atoms with Gasteiger partial charge >= 0.3 is 5.97 Å². The largest absolute Gasteiger partial charge is 0.449 e. The highest BCUT2D eigenvalue weighted by Gasteiger charge is 2.18. The van der Waals surface area contributed by atoms with Gasteiger partial charge in [0.25, 0.3) is 5.91 Å². The fourth-order valence-corrected chi connectivity index (χ4v) is 2.69. The average molecular weight is 376 g/mol. The van der Waals surface area contributed by atoms with Crippen molar-refractivity contribution >= 4 is 18.0 Å². The molecule has 0 fully saturated rings. The number of ether oxygens (including phenoxy) is 1. The Morgan fingerprint density at radius 2 is 1.82 bits per heavy atom. The van der Waals surface area contributed by atoms with Crippen molar-refractivity contribution in [2.45, 2.75) is 32.3 Å². The minimum atomic E-state index is -0.883. The number of amides is 1. The number of carbonyl (C=O) groups is 2. The molecule has 1 N–H and O–H groups in total. The first-order valence-corrected chi connectivity index (χ1v) is 9.25. The van der Waals surface area contributed by atoms with Crippen LogP contribution in [0.5, 0.6) is 0 Å². The van der Waals surface area contributed by atoms with Crippen LogP contribution in [0, 0.1) is 11.3 Å². The third kappa shape index (κ3) is 6.40. The normalized spacial score (nSPS) is 12.8. The van der Waals surface area contributed by atoms with Crippen molar-refractivity contribution in [3.05, 3.63) is 77.4 Å². The topological polar surface area (TPSA) is 79.2 Å². The molecule has 0 aliphatic carbocycles. The summed E-state index contributed by atoms with van der Waals surface area (Å²) in [5, 5.41) is 11.6. The SMILES string of the molecule is CC[C@@H](CNC(=O)[C@H](C)OC(=O)/C=C/c1ccc(C#N)cc1)c1ccccc1. The molecule has 0 unspecified atom stereocenters. The molecule has 2 aromatic rings. The van der Waals surface area contributed by atoms with E-state index in [0.29, 0.717) is 12.1 Å². The van der Waals surface area contributed by atoms with Crippen LogP contribution in [0.3, 0.4) is 0 Å². The van der Waals surface area contributed by atoms with Gasteiger partial charge in [-0.3, -0.25) is 4.79 Å². The van der Waals surface area contributed by atoms with Crippen LogP contribution in [0.25, 0.3) is 6.08 Å². The molecule has 0 radical (unpaired) electrons. The summed E-state index contributed by atoms with van der Waals surface area (Å²) in [4.78, 5) is 24.2. The predicted octanol–water partition coefficient (Wildman–Crippen LogP) is 3.81. The van der Waals surface area contributed by atoms with E-state index in [1.165, 1.54) is 11.6 Å². The first-order valence-electron chi connectivity index (χ1n) is 9.25. The van der Waals surface area contributed by atoms with Gasteiger partial charge in [-0.2, -0.15) is 5.26 Å². The number of nitrogens with zero attached hydrogens (tertiary/aromatic N) is 1. The van der Waals surface area contributed by atoms with E-state index >= 15 is 0 Å². The molecule has 0 heterocycles. The van der Waals surface area contributed by atoms with Crippen molar-refractivity contribution in [1.82, 2.24) is 5.32 Å². The lowest BCUT2D eigenvalue weighted by Crippen LogP contribution is -2.37. The van der Waals surface area contributed by atoms with Gasteiger partial charge in [0.05, 0.1) is 11.6 Å². The Bertz CT molecular complexity index is 852. The van der Waals surface area contributed by atoms with E-state index in [-0.39, 0.29) is 11.8 Å². The van der Waals surface area contributed by atoms with Crippen molar-refractivity contribution in [3.8, 4) is 6.07 Å². The van der Waals surface area contributed by atoms with Gasteiger partial charge in [-0.15, -0.1) is 0 Å². The molecule has 0 aliphatic heterocycles. The molecule has 0 aliphatic rings. The second-order valence-electron chi connectivity index (χ2n) is 6.41. The van der Waals surface area contributed by atoms with Gasteiger partial charge in [0.1, 0.15) is 0 Å². The second-order valence-corrected chi connectivity index (χ2v) is 6.41. The Kier molecular flexibility index (Phi) is 7.98. The maximum atomic E-state index is 12.2. The lowest BCUT2D eigenvalue weighted by molar-refractivity contribution is -0.150. The quantitative estimate of drug-likeness (QED) is 0.561. The summed E-state index contributed by atoms with van der Waals surface area (Å²) in [7, 11) is 0. The van der Waals surface area contributed by atoms with Crippen molar-refractivity contribution in [1.29, 1.82) is 5.26 Å². The smallest absolute Gasteiger partial charge is 0.331 e. The first-order chi connectivity index (χ1) is 13.5. The monoisotopic (exact) mass is 376 g/mol. The van der Waals surface area contributed by atoms with Crippen LogP contribution >= 0.6 is 0 Å². The zero-order valence-electron chi connectivity index (χ0n) is 16.1. The summed E-state index contributed by atoms with van der Waals surface area (Å²) in [6.07, 6.45) is 2.86. The lowest BCUT2D eigenvalue weighted by atomic mass is 9.96. The highest BCUT2D eigenvalue weighted by atomic mass is 16.5. The molecule has 0 saturated heterocycles. The minimum absolute atomic E-state index is 0.212. The van der Waals surface area contributed by atoms with Gasteiger partial charge in [-0.25, -0.2) is 4.79 Å². The van der Waals surface area contributed by atoms with E-state index in [1.807, 2.05) is 36.4 Å². The summed E-state index contributed by atoms with van der Waals surface area (Å²) in [6.45, 7) is 4.11. The fourth-order valence-electron chi connectivity index (χ4n) is 2.69. The average Bonchev–Trinajstić information content (AvgIpc) is 2.73. The van der Waals surface area contributed by atoms with Gasteiger partial charge in [0.2, 0.25) is 0 Å². The molecule has 1 amide bonds. The van der Waals surface area contributed by atoms with Crippen molar-refractivity contribution in [3.63, 3.8) is 0 Å². The molecule has 0 spiro atoms. The summed E-state index contributed by atoms with van der Waals surface area (Å²) in [5.41, 5.74) is 2.48. The van der Waals surface area contributed by atoms with Crippen molar-refractivity contribution < 1.29 is 14.3 Å². The van der Waals surface area contributed by atoms with E-state index in [0.717, 1.165) is 12.0 Å². The second kappa shape index (κ2) is 10.7. The zero-order valence-corrected chi connectivity index (χ0v) is 16.1. The Balaban J connectivity index is 1.82. The number of nitrogens with one attached hydrogen (secondary N) is 1. The Morgan fingerprint density at radius 3 is 2.43 bits per heavy atom.